The molecule has 3 amide bonds. The Morgan fingerprint density at radius 3 is 2.63 bits per heavy atom. The summed E-state index contributed by atoms with van der Waals surface area (Å²) in [6.45, 7) is 1.89. The molecule has 0 spiro atoms. The number of carbonyl (C=O) groups excluding carboxylic acids is 3. The van der Waals surface area contributed by atoms with Crippen LogP contribution in [0.4, 0.5) is 10.5 Å². The first-order valence-corrected chi connectivity index (χ1v) is 11.2. The monoisotopic (exact) mass is 433 g/mol. The summed E-state index contributed by atoms with van der Waals surface area (Å²) in [6, 6.07) is 5.69. The number of halogens is 1. The minimum absolute atomic E-state index is 0.0532. The van der Waals surface area contributed by atoms with Crippen LogP contribution in [0.3, 0.4) is 0 Å². The number of piperidine rings is 1. The van der Waals surface area contributed by atoms with Crippen LogP contribution in [0.2, 0.25) is 5.02 Å². The van der Waals surface area contributed by atoms with Crippen molar-refractivity contribution in [2.45, 2.75) is 56.9 Å². The van der Waals surface area contributed by atoms with Crippen LogP contribution >= 0.6 is 11.6 Å². The molecule has 8 heteroatoms. The Balaban J connectivity index is 1.24. The fraction of sp³-hybridized carbons (Fsp3) is 0.591. The maximum absolute atomic E-state index is 12.1. The van der Waals surface area contributed by atoms with Gasteiger partial charge in [-0.25, -0.2) is 4.79 Å². The largest absolute Gasteiger partial charge is 0.449 e. The summed E-state index contributed by atoms with van der Waals surface area (Å²) < 4.78 is 5.40. The zero-order valence-corrected chi connectivity index (χ0v) is 17.7. The van der Waals surface area contributed by atoms with Crippen LogP contribution in [-0.2, 0) is 14.3 Å². The van der Waals surface area contributed by atoms with Gasteiger partial charge in [0.15, 0.2) is 0 Å². The van der Waals surface area contributed by atoms with E-state index < -0.39 is 5.92 Å². The molecule has 1 aromatic carbocycles. The topological polar surface area (TPSA) is 87.7 Å². The van der Waals surface area contributed by atoms with Crippen LogP contribution in [0.1, 0.15) is 56.4 Å². The number of alkyl carbamates (subject to hydrolysis) is 1. The second-order valence-electron chi connectivity index (χ2n) is 8.56. The average Bonchev–Trinajstić information content (AvgIpc) is 2.70. The maximum atomic E-state index is 12.1. The van der Waals surface area contributed by atoms with Gasteiger partial charge in [0.1, 0.15) is 0 Å². The Labute approximate surface area is 181 Å². The normalized spacial score (nSPS) is 23.0. The van der Waals surface area contributed by atoms with Gasteiger partial charge in [-0.2, -0.15) is 0 Å². The van der Waals surface area contributed by atoms with Crippen LogP contribution in [0.5, 0.6) is 0 Å². The third kappa shape index (κ3) is 4.89. The SMILES string of the molecule is O=C1CCC(c2ccc(N3CC(NC(=O)OCC4CCCCC4)C3)cc2Cl)C(=O)N1. The number of nitrogens with one attached hydrogen (secondary N) is 2. The number of benzene rings is 1. The molecule has 3 aliphatic rings. The van der Waals surface area contributed by atoms with E-state index in [-0.39, 0.29) is 23.9 Å². The third-order valence-corrected chi connectivity index (χ3v) is 6.67. The van der Waals surface area contributed by atoms with Gasteiger partial charge < -0.3 is 15.0 Å². The number of ether oxygens (including phenoxy) is 1. The van der Waals surface area contributed by atoms with Crippen molar-refractivity contribution in [3.63, 3.8) is 0 Å². The van der Waals surface area contributed by atoms with Gasteiger partial charge in [-0.1, -0.05) is 36.9 Å². The fourth-order valence-corrected chi connectivity index (χ4v) is 4.83. The number of anilines is 1. The molecule has 2 saturated heterocycles. The third-order valence-electron chi connectivity index (χ3n) is 6.34. The molecule has 2 N–H and O–H groups in total. The van der Waals surface area contributed by atoms with Crippen molar-refractivity contribution in [2.75, 3.05) is 24.6 Å². The van der Waals surface area contributed by atoms with E-state index in [0.29, 0.717) is 43.5 Å². The number of amides is 3. The number of nitrogens with zero attached hydrogens (tertiary/aromatic N) is 1. The predicted octanol–water partition coefficient (Wildman–Crippen LogP) is 3.36. The van der Waals surface area contributed by atoms with Crippen molar-refractivity contribution < 1.29 is 19.1 Å². The molecular weight excluding hydrogens is 406 g/mol. The van der Waals surface area contributed by atoms with E-state index in [1.165, 1.54) is 19.3 Å². The molecule has 1 aromatic rings. The maximum Gasteiger partial charge on any atom is 0.407 e. The molecule has 3 fully saturated rings. The van der Waals surface area contributed by atoms with Gasteiger partial charge in [0.2, 0.25) is 11.8 Å². The van der Waals surface area contributed by atoms with E-state index >= 15 is 0 Å². The quantitative estimate of drug-likeness (QED) is 0.695. The van der Waals surface area contributed by atoms with Crippen molar-refractivity contribution in [3.8, 4) is 0 Å². The summed E-state index contributed by atoms with van der Waals surface area (Å²) >= 11 is 6.44. The molecule has 0 aromatic heterocycles. The van der Waals surface area contributed by atoms with Crippen LogP contribution in [0.25, 0.3) is 0 Å². The zero-order chi connectivity index (χ0) is 21.1. The first-order chi connectivity index (χ1) is 14.5. The lowest BCUT2D eigenvalue weighted by molar-refractivity contribution is -0.134. The zero-order valence-electron chi connectivity index (χ0n) is 17.0. The van der Waals surface area contributed by atoms with Crippen LogP contribution in [0.15, 0.2) is 18.2 Å². The average molecular weight is 434 g/mol. The van der Waals surface area contributed by atoms with E-state index in [2.05, 4.69) is 15.5 Å². The minimum atomic E-state index is -0.394. The molecule has 0 bridgehead atoms. The highest BCUT2D eigenvalue weighted by atomic mass is 35.5. The van der Waals surface area contributed by atoms with Gasteiger partial charge in [0.25, 0.3) is 0 Å². The molecule has 1 saturated carbocycles. The van der Waals surface area contributed by atoms with E-state index in [9.17, 15) is 14.4 Å². The van der Waals surface area contributed by atoms with E-state index in [0.717, 1.165) is 24.1 Å². The summed E-state index contributed by atoms with van der Waals surface area (Å²) in [7, 11) is 0. The van der Waals surface area contributed by atoms with Gasteiger partial charge in [0, 0.05) is 30.2 Å². The molecule has 0 radical (unpaired) electrons. The van der Waals surface area contributed by atoms with Crippen LogP contribution in [-0.4, -0.2) is 43.6 Å². The summed E-state index contributed by atoms with van der Waals surface area (Å²) in [6.07, 6.45) is 6.53. The molecule has 30 heavy (non-hydrogen) atoms. The second kappa shape index (κ2) is 9.25. The summed E-state index contributed by atoms with van der Waals surface area (Å²) in [4.78, 5) is 37.6. The highest BCUT2D eigenvalue weighted by molar-refractivity contribution is 6.32. The standard InChI is InChI=1S/C22H28ClN3O4/c23-19-10-16(6-7-17(19)18-8-9-20(27)25-21(18)28)26-11-15(12-26)24-22(29)30-13-14-4-2-1-3-5-14/h6-7,10,14-15,18H,1-5,8-9,11-13H2,(H,24,29)(H,25,27,28). The number of hydrogen-bond acceptors (Lipinski definition) is 5. The van der Waals surface area contributed by atoms with Crippen molar-refractivity contribution >= 4 is 35.2 Å². The lowest BCUT2D eigenvalue weighted by atomic mass is 9.90. The summed E-state index contributed by atoms with van der Waals surface area (Å²) in [5.74, 6) is -0.414. The molecule has 1 unspecified atom stereocenters. The Morgan fingerprint density at radius 2 is 1.93 bits per heavy atom. The lowest BCUT2D eigenvalue weighted by Crippen LogP contribution is -2.59. The number of imide groups is 1. The number of carbonyl (C=O) groups is 3. The summed E-state index contributed by atoms with van der Waals surface area (Å²) in [5.41, 5.74) is 1.69. The highest BCUT2D eigenvalue weighted by Gasteiger charge is 2.32. The highest BCUT2D eigenvalue weighted by Crippen LogP contribution is 2.34. The Hall–Kier alpha value is -2.28. The first kappa shape index (κ1) is 21.0. The minimum Gasteiger partial charge on any atom is -0.449 e. The van der Waals surface area contributed by atoms with Crippen molar-refractivity contribution in [1.29, 1.82) is 0 Å². The van der Waals surface area contributed by atoms with E-state index in [4.69, 9.17) is 16.3 Å². The van der Waals surface area contributed by atoms with Gasteiger partial charge >= 0.3 is 6.09 Å². The fourth-order valence-electron chi connectivity index (χ4n) is 4.52. The molecule has 7 nitrogen and oxygen atoms in total. The molecule has 1 atom stereocenters. The van der Waals surface area contributed by atoms with Gasteiger partial charge in [-0.05, 0) is 42.9 Å². The van der Waals surface area contributed by atoms with Crippen LogP contribution < -0.4 is 15.5 Å². The summed E-state index contributed by atoms with van der Waals surface area (Å²) in [5, 5.41) is 5.81. The molecular formula is C22H28ClN3O4. The van der Waals surface area contributed by atoms with Crippen molar-refractivity contribution in [1.82, 2.24) is 10.6 Å². The van der Waals surface area contributed by atoms with E-state index in [1.54, 1.807) is 0 Å². The Morgan fingerprint density at radius 1 is 1.17 bits per heavy atom. The van der Waals surface area contributed by atoms with E-state index in [1.807, 2.05) is 18.2 Å². The molecule has 1 aliphatic carbocycles. The Kier molecular flexibility index (Phi) is 6.46. The lowest BCUT2D eigenvalue weighted by Gasteiger charge is -2.41. The van der Waals surface area contributed by atoms with Crippen molar-refractivity contribution in [2.24, 2.45) is 5.92 Å². The number of rotatable bonds is 5. The first-order valence-electron chi connectivity index (χ1n) is 10.8. The molecule has 2 heterocycles. The van der Waals surface area contributed by atoms with Crippen LogP contribution in [0, 0.1) is 5.92 Å². The smallest absolute Gasteiger partial charge is 0.407 e. The van der Waals surface area contributed by atoms with Gasteiger partial charge in [-0.15, -0.1) is 0 Å². The van der Waals surface area contributed by atoms with Crippen molar-refractivity contribution in [3.05, 3.63) is 28.8 Å². The molecule has 2 aliphatic heterocycles. The van der Waals surface area contributed by atoms with Gasteiger partial charge in [-0.3, -0.25) is 14.9 Å². The Bertz CT molecular complexity index is 819. The van der Waals surface area contributed by atoms with Gasteiger partial charge in [0.05, 0.1) is 18.6 Å². The second-order valence-corrected chi connectivity index (χ2v) is 8.97. The predicted molar refractivity (Wildman–Crippen MR) is 114 cm³/mol. The number of hydrogen-bond donors (Lipinski definition) is 2. The molecule has 162 valence electrons. The molecule has 4 rings (SSSR count).